The van der Waals surface area contributed by atoms with Gasteiger partial charge < -0.3 is 0 Å². The first-order chi connectivity index (χ1) is 7.27. The first-order valence-electron chi connectivity index (χ1n) is 5.43. The fourth-order valence-corrected chi connectivity index (χ4v) is 2.35. The van der Waals surface area contributed by atoms with Crippen molar-refractivity contribution in [2.24, 2.45) is 0 Å². The van der Waals surface area contributed by atoms with E-state index in [1.807, 2.05) is 0 Å². The second-order valence-electron chi connectivity index (χ2n) is 5.25. The van der Waals surface area contributed by atoms with E-state index in [9.17, 15) is 0 Å². The lowest BCUT2D eigenvalue weighted by molar-refractivity contribution is 0.589. The summed E-state index contributed by atoms with van der Waals surface area (Å²) in [5, 5.41) is 1.75. The van der Waals surface area contributed by atoms with Crippen molar-refractivity contribution in [2.75, 3.05) is 0 Å². The monoisotopic (exact) mass is 252 g/mol. The summed E-state index contributed by atoms with van der Waals surface area (Å²) in [5.41, 5.74) is 5.29. The van der Waals surface area contributed by atoms with Crippen LogP contribution in [0.3, 0.4) is 0 Å². The van der Waals surface area contributed by atoms with E-state index in [0.717, 1.165) is 4.91 Å². The molecule has 0 amide bonds. The molecule has 0 atom stereocenters. The molecule has 0 nitrogen and oxygen atoms in total. The fraction of sp³-hybridized carbons (Fsp3) is 0.429. The van der Waals surface area contributed by atoms with Gasteiger partial charge in [0.05, 0.1) is 0 Å². The highest BCUT2D eigenvalue weighted by molar-refractivity contribution is 7.92. The fourth-order valence-electron chi connectivity index (χ4n) is 1.87. The van der Waals surface area contributed by atoms with E-state index in [2.05, 4.69) is 72.0 Å². The van der Waals surface area contributed by atoms with Gasteiger partial charge in [-0.3, -0.25) is 0 Å². The molecule has 0 spiro atoms. The maximum absolute atomic E-state index is 4.45. The van der Waals surface area contributed by atoms with Gasteiger partial charge in [0.2, 0.25) is 0 Å². The quantitative estimate of drug-likeness (QED) is 0.662. The van der Waals surface area contributed by atoms with Crippen LogP contribution in [0.25, 0.3) is 4.91 Å². The highest BCUT2D eigenvalue weighted by Crippen LogP contribution is 2.31. The zero-order chi connectivity index (χ0) is 12.5. The number of thiol groups is 2. The Morgan fingerprint density at radius 2 is 1.56 bits per heavy atom. The van der Waals surface area contributed by atoms with Crippen LogP contribution in [0.2, 0.25) is 0 Å². The maximum Gasteiger partial charge on any atom is 0.0179 e. The van der Waals surface area contributed by atoms with E-state index in [-0.39, 0.29) is 5.41 Å². The maximum atomic E-state index is 4.45. The minimum atomic E-state index is 0.190. The van der Waals surface area contributed by atoms with Crippen molar-refractivity contribution in [3.63, 3.8) is 0 Å². The molecule has 0 unspecified atom stereocenters. The second-order valence-corrected chi connectivity index (χ2v) is 5.99. The number of hydrogen-bond acceptors (Lipinski definition) is 2. The Kier molecular flexibility index (Phi) is 4.19. The molecule has 0 fully saturated rings. The summed E-state index contributed by atoms with van der Waals surface area (Å²) < 4.78 is 0. The third-order valence-corrected chi connectivity index (χ3v) is 3.59. The predicted octanol–water partition coefficient (Wildman–Crippen LogP) is 4.76. The van der Waals surface area contributed by atoms with Gasteiger partial charge in [0.25, 0.3) is 0 Å². The van der Waals surface area contributed by atoms with Crippen molar-refractivity contribution >= 4 is 30.2 Å². The molecule has 0 radical (unpaired) electrons. The molecule has 0 heterocycles. The Hall–Kier alpha value is -0.340. The largest absolute Gasteiger partial charge is 0.150 e. The van der Waals surface area contributed by atoms with Crippen LogP contribution >= 0.6 is 25.3 Å². The molecule has 1 rings (SSSR count). The Morgan fingerprint density at radius 1 is 1.12 bits per heavy atom. The van der Waals surface area contributed by atoms with Crippen LogP contribution in [0.15, 0.2) is 17.5 Å². The van der Waals surface area contributed by atoms with Gasteiger partial charge in [-0.2, -0.15) is 12.6 Å². The average molecular weight is 252 g/mol. The molecular formula is C14H20S2. The molecule has 0 bridgehead atoms. The lowest BCUT2D eigenvalue weighted by Crippen LogP contribution is -2.12. The standard InChI is InChI=1S/C14H20S2/c1-9-6-11(14(3,4)5)7-10(2)13(9)12(16)8-15/h6-8,15-16H,1-5H3/b12-8-. The van der Waals surface area contributed by atoms with Crippen molar-refractivity contribution in [3.8, 4) is 0 Å². The van der Waals surface area contributed by atoms with E-state index in [1.165, 1.54) is 22.3 Å². The SMILES string of the molecule is Cc1cc(C(C)(C)C)cc(C)c1/C(S)=C/S. The molecule has 0 saturated heterocycles. The Morgan fingerprint density at radius 3 is 1.88 bits per heavy atom. The minimum Gasteiger partial charge on any atom is -0.150 e. The van der Waals surface area contributed by atoms with Crippen LogP contribution in [0.5, 0.6) is 0 Å². The summed E-state index contributed by atoms with van der Waals surface area (Å²) in [7, 11) is 0. The zero-order valence-electron chi connectivity index (χ0n) is 10.6. The highest BCUT2D eigenvalue weighted by Gasteiger charge is 2.16. The number of aryl methyl sites for hydroxylation is 2. The van der Waals surface area contributed by atoms with Crippen LogP contribution < -0.4 is 0 Å². The van der Waals surface area contributed by atoms with E-state index < -0.39 is 0 Å². The lowest BCUT2D eigenvalue weighted by Gasteiger charge is -2.22. The Bertz CT molecular complexity index is 400. The van der Waals surface area contributed by atoms with Gasteiger partial charge in [-0.15, -0.1) is 12.6 Å². The lowest BCUT2D eigenvalue weighted by atomic mass is 9.84. The van der Waals surface area contributed by atoms with Gasteiger partial charge in [-0.05, 0) is 46.9 Å². The summed E-state index contributed by atoms with van der Waals surface area (Å²) in [6.45, 7) is 11.0. The van der Waals surface area contributed by atoms with Crippen molar-refractivity contribution < 1.29 is 0 Å². The number of hydrogen-bond donors (Lipinski definition) is 2. The molecule has 0 aliphatic rings. The Labute approximate surface area is 110 Å². The summed E-state index contributed by atoms with van der Waals surface area (Å²) in [5.74, 6) is 0. The van der Waals surface area contributed by atoms with Crippen molar-refractivity contribution in [3.05, 3.63) is 39.8 Å². The molecule has 0 saturated carbocycles. The van der Waals surface area contributed by atoms with Gasteiger partial charge in [0, 0.05) is 4.91 Å². The average Bonchev–Trinajstić information content (AvgIpc) is 2.14. The van der Waals surface area contributed by atoms with Crippen LogP contribution in [0.1, 0.15) is 43.0 Å². The summed E-state index contributed by atoms with van der Waals surface area (Å²) in [4.78, 5) is 0.929. The van der Waals surface area contributed by atoms with E-state index in [1.54, 1.807) is 5.41 Å². The third-order valence-electron chi connectivity index (χ3n) is 2.78. The highest BCUT2D eigenvalue weighted by atomic mass is 32.1. The van der Waals surface area contributed by atoms with Gasteiger partial charge in [0.15, 0.2) is 0 Å². The Balaban J connectivity index is 3.40. The van der Waals surface area contributed by atoms with E-state index >= 15 is 0 Å². The summed E-state index contributed by atoms with van der Waals surface area (Å²) in [6.07, 6.45) is 0. The first kappa shape index (κ1) is 13.7. The minimum absolute atomic E-state index is 0.190. The molecule has 88 valence electrons. The smallest absolute Gasteiger partial charge is 0.0179 e. The van der Waals surface area contributed by atoms with Gasteiger partial charge in [-0.25, -0.2) is 0 Å². The van der Waals surface area contributed by atoms with Crippen LogP contribution in [-0.2, 0) is 5.41 Å². The second kappa shape index (κ2) is 4.89. The van der Waals surface area contributed by atoms with Crippen LogP contribution in [0.4, 0.5) is 0 Å². The molecule has 1 aromatic rings. The molecular weight excluding hydrogens is 232 g/mol. The van der Waals surface area contributed by atoms with Crippen LogP contribution in [-0.4, -0.2) is 0 Å². The molecule has 0 aromatic heterocycles. The topological polar surface area (TPSA) is 0 Å². The van der Waals surface area contributed by atoms with E-state index in [0.29, 0.717) is 0 Å². The normalized spacial score (nSPS) is 13.1. The van der Waals surface area contributed by atoms with Gasteiger partial charge in [0.1, 0.15) is 0 Å². The summed E-state index contributed by atoms with van der Waals surface area (Å²) in [6, 6.07) is 4.49. The van der Waals surface area contributed by atoms with Crippen molar-refractivity contribution in [2.45, 2.75) is 40.0 Å². The third kappa shape index (κ3) is 2.86. The molecule has 2 heteroatoms. The molecule has 0 aliphatic carbocycles. The van der Waals surface area contributed by atoms with Gasteiger partial charge >= 0.3 is 0 Å². The van der Waals surface area contributed by atoms with Gasteiger partial charge in [-0.1, -0.05) is 32.9 Å². The van der Waals surface area contributed by atoms with Crippen molar-refractivity contribution in [1.82, 2.24) is 0 Å². The number of rotatable bonds is 1. The van der Waals surface area contributed by atoms with Crippen molar-refractivity contribution in [1.29, 1.82) is 0 Å². The first-order valence-corrected chi connectivity index (χ1v) is 6.39. The molecule has 1 aromatic carbocycles. The van der Waals surface area contributed by atoms with E-state index in [4.69, 9.17) is 0 Å². The predicted molar refractivity (Wildman–Crippen MR) is 80.6 cm³/mol. The molecule has 0 N–H and O–H groups in total. The molecule has 0 aliphatic heterocycles. The summed E-state index contributed by atoms with van der Waals surface area (Å²) >= 11 is 8.62. The van der Waals surface area contributed by atoms with Crippen LogP contribution in [0, 0.1) is 13.8 Å². The zero-order valence-corrected chi connectivity index (χ0v) is 12.4. The molecule has 16 heavy (non-hydrogen) atoms. The number of benzene rings is 1.